The van der Waals surface area contributed by atoms with Crippen LogP contribution in [-0.2, 0) is 10.0 Å². The third-order valence-corrected chi connectivity index (χ3v) is 4.05. The first-order chi connectivity index (χ1) is 8.83. The summed E-state index contributed by atoms with van der Waals surface area (Å²) in [5.41, 5.74) is 0.711. The van der Waals surface area contributed by atoms with Gasteiger partial charge < -0.3 is 5.32 Å². The van der Waals surface area contributed by atoms with Gasteiger partial charge in [-0.2, -0.15) is 0 Å². The molecule has 0 atom stereocenters. The maximum Gasteiger partial charge on any atom is 0.243 e. The Kier molecular flexibility index (Phi) is 5.90. The minimum Gasteiger partial charge on any atom is -0.314 e. The van der Waals surface area contributed by atoms with Gasteiger partial charge in [-0.3, -0.25) is 0 Å². The van der Waals surface area contributed by atoms with Crippen molar-refractivity contribution in [1.82, 2.24) is 10.0 Å². The molecule has 0 aliphatic heterocycles. The van der Waals surface area contributed by atoms with Gasteiger partial charge in [0.25, 0.3) is 0 Å². The van der Waals surface area contributed by atoms with E-state index in [4.69, 9.17) is 0 Å². The van der Waals surface area contributed by atoms with Crippen molar-refractivity contribution in [1.29, 1.82) is 0 Å². The molecule has 0 spiro atoms. The molecule has 0 aromatic heterocycles. The van der Waals surface area contributed by atoms with Crippen molar-refractivity contribution in [2.24, 2.45) is 0 Å². The van der Waals surface area contributed by atoms with E-state index in [0.29, 0.717) is 18.0 Å². The van der Waals surface area contributed by atoms with E-state index in [0.717, 1.165) is 6.54 Å². The Morgan fingerprint density at radius 1 is 1.26 bits per heavy atom. The van der Waals surface area contributed by atoms with E-state index in [1.165, 1.54) is 12.1 Å². The van der Waals surface area contributed by atoms with Crippen LogP contribution >= 0.6 is 0 Å². The fraction of sp³-hybridized carbons (Fsp3) is 0.538. The van der Waals surface area contributed by atoms with Crippen LogP contribution < -0.4 is 10.0 Å². The van der Waals surface area contributed by atoms with Crippen LogP contribution in [0.5, 0.6) is 0 Å². The molecule has 0 unspecified atom stereocenters. The van der Waals surface area contributed by atoms with Gasteiger partial charge in [0.15, 0.2) is 0 Å². The van der Waals surface area contributed by atoms with Gasteiger partial charge in [0, 0.05) is 12.6 Å². The number of rotatable bonds is 7. The van der Waals surface area contributed by atoms with Crippen LogP contribution in [0.25, 0.3) is 0 Å². The number of hydrogen-bond donors (Lipinski definition) is 2. The van der Waals surface area contributed by atoms with Crippen molar-refractivity contribution < 1.29 is 12.8 Å². The molecular formula is C13H21FN2O2S. The first-order valence-electron chi connectivity index (χ1n) is 6.32. The maximum atomic E-state index is 13.5. The zero-order chi connectivity index (χ0) is 14.5. The van der Waals surface area contributed by atoms with E-state index in [-0.39, 0.29) is 11.4 Å². The number of halogens is 1. The largest absolute Gasteiger partial charge is 0.314 e. The number of benzene rings is 1. The monoisotopic (exact) mass is 288 g/mol. The summed E-state index contributed by atoms with van der Waals surface area (Å²) < 4.78 is 39.8. The lowest BCUT2D eigenvalue weighted by molar-refractivity contribution is 0.544. The Labute approximate surface area is 114 Å². The third kappa shape index (κ3) is 5.26. The second-order valence-corrected chi connectivity index (χ2v) is 6.53. The van der Waals surface area contributed by atoms with Crippen LogP contribution in [-0.4, -0.2) is 27.5 Å². The molecule has 19 heavy (non-hydrogen) atoms. The summed E-state index contributed by atoms with van der Waals surface area (Å²) in [4.78, 5) is -0.288. The van der Waals surface area contributed by atoms with Crippen LogP contribution in [0, 0.1) is 12.7 Å². The van der Waals surface area contributed by atoms with Crippen LogP contribution in [0.1, 0.15) is 25.8 Å². The van der Waals surface area contributed by atoms with Crippen molar-refractivity contribution in [2.75, 3.05) is 13.1 Å². The smallest absolute Gasteiger partial charge is 0.243 e. The van der Waals surface area contributed by atoms with Gasteiger partial charge in [-0.25, -0.2) is 17.5 Å². The predicted octanol–water partition coefficient (Wildman–Crippen LogP) is 1.80. The Hall–Kier alpha value is -0.980. The molecule has 1 rings (SSSR count). The number of nitrogens with one attached hydrogen (secondary N) is 2. The molecule has 0 bridgehead atoms. The first-order valence-corrected chi connectivity index (χ1v) is 7.80. The zero-order valence-corrected chi connectivity index (χ0v) is 12.3. The standard InChI is InChI=1S/C13H21FN2O2S/c1-10(2)15-7-4-8-16-19(17,18)13-9-11(3)5-6-12(13)14/h5-6,9-10,15-16H,4,7-8H2,1-3H3. The van der Waals surface area contributed by atoms with Gasteiger partial charge in [0.2, 0.25) is 10.0 Å². The van der Waals surface area contributed by atoms with E-state index in [2.05, 4.69) is 10.0 Å². The predicted molar refractivity (Wildman–Crippen MR) is 74.1 cm³/mol. The third-order valence-electron chi connectivity index (χ3n) is 2.57. The van der Waals surface area contributed by atoms with Crippen molar-refractivity contribution >= 4 is 10.0 Å². The molecule has 0 saturated carbocycles. The Bertz CT molecular complexity index is 515. The molecular weight excluding hydrogens is 267 g/mol. The van der Waals surface area contributed by atoms with Crippen LogP contribution in [0.2, 0.25) is 0 Å². The molecule has 0 aliphatic rings. The summed E-state index contributed by atoms with van der Waals surface area (Å²) >= 11 is 0. The quantitative estimate of drug-likeness (QED) is 0.752. The van der Waals surface area contributed by atoms with E-state index in [1.54, 1.807) is 13.0 Å². The van der Waals surface area contributed by atoms with E-state index < -0.39 is 15.8 Å². The molecule has 1 aromatic rings. The van der Waals surface area contributed by atoms with E-state index in [9.17, 15) is 12.8 Å². The molecule has 1 aromatic carbocycles. The van der Waals surface area contributed by atoms with Crippen molar-refractivity contribution in [3.05, 3.63) is 29.6 Å². The van der Waals surface area contributed by atoms with Gasteiger partial charge in [-0.05, 0) is 37.6 Å². The van der Waals surface area contributed by atoms with E-state index in [1.807, 2.05) is 13.8 Å². The molecule has 0 fully saturated rings. The maximum absolute atomic E-state index is 13.5. The molecule has 0 heterocycles. The van der Waals surface area contributed by atoms with Gasteiger partial charge in [0.1, 0.15) is 10.7 Å². The second-order valence-electron chi connectivity index (χ2n) is 4.79. The summed E-state index contributed by atoms with van der Waals surface area (Å²) in [6.07, 6.45) is 0.658. The number of hydrogen-bond acceptors (Lipinski definition) is 3. The van der Waals surface area contributed by atoms with Gasteiger partial charge in [-0.15, -0.1) is 0 Å². The summed E-state index contributed by atoms with van der Waals surface area (Å²) in [6.45, 7) is 6.77. The number of aryl methyl sites for hydroxylation is 1. The fourth-order valence-electron chi connectivity index (χ4n) is 1.58. The lowest BCUT2D eigenvalue weighted by atomic mass is 10.2. The first kappa shape index (κ1) is 16.1. The van der Waals surface area contributed by atoms with Crippen molar-refractivity contribution in [2.45, 2.75) is 38.1 Å². The van der Waals surface area contributed by atoms with Crippen molar-refractivity contribution in [3.8, 4) is 0 Å². The second kappa shape index (κ2) is 6.98. The lowest BCUT2D eigenvalue weighted by Crippen LogP contribution is -2.30. The normalized spacial score (nSPS) is 12.1. The lowest BCUT2D eigenvalue weighted by Gasteiger charge is -2.10. The molecule has 0 radical (unpaired) electrons. The topological polar surface area (TPSA) is 58.2 Å². The molecule has 0 aliphatic carbocycles. The summed E-state index contributed by atoms with van der Waals surface area (Å²) in [6, 6.07) is 4.42. The Morgan fingerprint density at radius 2 is 1.95 bits per heavy atom. The Balaban J connectivity index is 2.59. The average molecular weight is 288 g/mol. The fourth-order valence-corrected chi connectivity index (χ4v) is 2.81. The highest BCUT2D eigenvalue weighted by molar-refractivity contribution is 7.89. The minimum absolute atomic E-state index is 0.287. The number of sulfonamides is 1. The molecule has 4 nitrogen and oxygen atoms in total. The van der Waals surface area contributed by atoms with Crippen LogP contribution in [0.3, 0.4) is 0 Å². The van der Waals surface area contributed by atoms with Crippen LogP contribution in [0.15, 0.2) is 23.1 Å². The summed E-state index contributed by atoms with van der Waals surface area (Å²) in [7, 11) is -3.77. The average Bonchev–Trinajstić information content (AvgIpc) is 2.31. The zero-order valence-electron chi connectivity index (χ0n) is 11.5. The summed E-state index contributed by atoms with van der Waals surface area (Å²) in [5, 5.41) is 3.18. The van der Waals surface area contributed by atoms with E-state index >= 15 is 0 Å². The Morgan fingerprint density at radius 3 is 2.58 bits per heavy atom. The minimum atomic E-state index is -3.77. The van der Waals surface area contributed by atoms with Gasteiger partial charge >= 0.3 is 0 Å². The highest BCUT2D eigenvalue weighted by atomic mass is 32.2. The van der Waals surface area contributed by atoms with Crippen molar-refractivity contribution in [3.63, 3.8) is 0 Å². The van der Waals surface area contributed by atoms with Gasteiger partial charge in [0.05, 0.1) is 0 Å². The van der Waals surface area contributed by atoms with Gasteiger partial charge in [-0.1, -0.05) is 19.9 Å². The molecule has 2 N–H and O–H groups in total. The highest BCUT2D eigenvalue weighted by Gasteiger charge is 2.18. The SMILES string of the molecule is Cc1ccc(F)c(S(=O)(=O)NCCCNC(C)C)c1. The molecule has 6 heteroatoms. The molecule has 0 saturated heterocycles. The highest BCUT2D eigenvalue weighted by Crippen LogP contribution is 2.15. The molecule has 108 valence electrons. The molecule has 0 amide bonds. The van der Waals surface area contributed by atoms with Crippen LogP contribution in [0.4, 0.5) is 4.39 Å². The summed E-state index contributed by atoms with van der Waals surface area (Å²) in [5.74, 6) is -0.724.